The molecule has 0 unspecified atom stereocenters. The molecule has 0 fully saturated rings. The van der Waals surface area contributed by atoms with Gasteiger partial charge in [0, 0.05) is 16.1 Å². The summed E-state index contributed by atoms with van der Waals surface area (Å²) in [7, 11) is 0. The van der Waals surface area contributed by atoms with Crippen molar-refractivity contribution in [2.75, 3.05) is 4.90 Å². The predicted octanol–water partition coefficient (Wildman–Crippen LogP) is 4.69. The first kappa shape index (κ1) is 16.3. The average molecular weight is 294 g/mol. The van der Waals surface area contributed by atoms with Gasteiger partial charge in [-0.1, -0.05) is 39.0 Å². The van der Waals surface area contributed by atoms with Crippen molar-refractivity contribution >= 4 is 23.2 Å². The minimum Gasteiger partial charge on any atom is -0.506 e. The molecule has 0 radical (unpaired) electrons. The average Bonchev–Trinajstić information content (AvgIpc) is 2.38. The lowest BCUT2D eigenvalue weighted by atomic mass is 9.94. The Morgan fingerprint density at radius 2 is 1.80 bits per heavy atom. The Morgan fingerprint density at radius 3 is 2.20 bits per heavy atom. The van der Waals surface area contributed by atoms with E-state index in [-0.39, 0.29) is 17.4 Å². The first-order valence-electron chi connectivity index (χ1n) is 6.33. The molecule has 1 rings (SSSR count). The predicted molar refractivity (Wildman–Crippen MR) is 83.9 cm³/mol. The summed E-state index contributed by atoms with van der Waals surface area (Å²) in [5.74, 6) is -0.184. The Labute approximate surface area is 125 Å². The van der Waals surface area contributed by atoms with Crippen molar-refractivity contribution in [3.63, 3.8) is 0 Å². The molecule has 0 spiro atoms. The van der Waals surface area contributed by atoms with Gasteiger partial charge in [-0.05, 0) is 37.3 Å². The summed E-state index contributed by atoms with van der Waals surface area (Å²) >= 11 is 5.87. The fourth-order valence-electron chi connectivity index (χ4n) is 1.60. The Kier molecular flexibility index (Phi) is 5.01. The molecule has 1 amide bonds. The van der Waals surface area contributed by atoms with E-state index in [1.807, 2.05) is 20.8 Å². The molecular formula is C16H20ClNO2. The molecule has 0 aliphatic carbocycles. The molecular weight excluding hydrogens is 274 g/mol. The van der Waals surface area contributed by atoms with Gasteiger partial charge in [-0.15, -0.1) is 0 Å². The SMILES string of the molecule is C=C(/C(O)=C/C)N(C(=O)C(C)(C)C)c1ccc(Cl)cc1. The molecule has 0 atom stereocenters. The smallest absolute Gasteiger partial charge is 0.237 e. The molecule has 3 nitrogen and oxygen atoms in total. The Balaban J connectivity index is 3.31. The monoisotopic (exact) mass is 293 g/mol. The van der Waals surface area contributed by atoms with E-state index in [9.17, 15) is 9.90 Å². The Morgan fingerprint density at radius 1 is 1.30 bits per heavy atom. The first-order valence-corrected chi connectivity index (χ1v) is 6.71. The Bertz CT molecular complexity index is 539. The highest BCUT2D eigenvalue weighted by atomic mass is 35.5. The summed E-state index contributed by atoms with van der Waals surface area (Å²) in [5.41, 5.74) is 0.263. The third kappa shape index (κ3) is 3.64. The second-order valence-corrected chi connectivity index (χ2v) is 5.92. The number of aliphatic hydroxyl groups is 1. The number of hydrogen-bond donors (Lipinski definition) is 1. The number of hydrogen-bond acceptors (Lipinski definition) is 2. The number of allylic oxidation sites excluding steroid dienone is 1. The van der Waals surface area contributed by atoms with Crippen LogP contribution in [0.25, 0.3) is 0 Å². The van der Waals surface area contributed by atoms with E-state index in [0.717, 1.165) is 0 Å². The van der Waals surface area contributed by atoms with Crippen LogP contribution in [-0.4, -0.2) is 11.0 Å². The minimum atomic E-state index is -0.601. The molecule has 108 valence electrons. The van der Waals surface area contributed by atoms with Gasteiger partial charge in [0.05, 0.1) is 5.70 Å². The fraction of sp³-hybridized carbons (Fsp3) is 0.312. The summed E-state index contributed by atoms with van der Waals surface area (Å²) in [5, 5.41) is 10.5. The van der Waals surface area contributed by atoms with Gasteiger partial charge in [-0.25, -0.2) is 0 Å². The number of anilines is 1. The van der Waals surface area contributed by atoms with Crippen molar-refractivity contribution in [2.45, 2.75) is 27.7 Å². The lowest BCUT2D eigenvalue weighted by Gasteiger charge is -2.30. The molecule has 1 aromatic carbocycles. The standard InChI is InChI=1S/C16H20ClNO2/c1-6-14(19)11(2)18(15(20)16(3,4)5)13-9-7-12(17)8-10-13/h6-10,19H,2H2,1,3-5H3/b14-6-. The van der Waals surface area contributed by atoms with Gasteiger partial charge in [-0.2, -0.15) is 0 Å². The van der Waals surface area contributed by atoms with E-state index < -0.39 is 5.41 Å². The van der Waals surface area contributed by atoms with Crippen LogP contribution in [0, 0.1) is 5.41 Å². The van der Waals surface area contributed by atoms with Crippen molar-refractivity contribution < 1.29 is 9.90 Å². The molecule has 1 N–H and O–H groups in total. The van der Waals surface area contributed by atoms with Crippen molar-refractivity contribution in [2.24, 2.45) is 5.41 Å². The minimum absolute atomic E-state index is 0.0300. The zero-order valence-corrected chi connectivity index (χ0v) is 13.0. The summed E-state index contributed by atoms with van der Waals surface area (Å²) < 4.78 is 0. The molecule has 0 aliphatic rings. The van der Waals surface area contributed by atoms with Crippen LogP contribution >= 0.6 is 11.6 Å². The number of carbonyl (C=O) groups is 1. The second kappa shape index (κ2) is 6.14. The third-order valence-corrected chi connectivity index (χ3v) is 3.02. The summed E-state index contributed by atoms with van der Waals surface area (Å²) in [6, 6.07) is 6.83. The van der Waals surface area contributed by atoms with Crippen LogP contribution in [0.2, 0.25) is 5.02 Å². The number of benzene rings is 1. The van der Waals surface area contributed by atoms with Crippen molar-refractivity contribution in [3.8, 4) is 0 Å². The highest BCUT2D eigenvalue weighted by Gasteiger charge is 2.30. The molecule has 0 saturated heterocycles. The normalized spacial score (nSPS) is 12.2. The number of halogens is 1. The van der Waals surface area contributed by atoms with Crippen molar-refractivity contribution in [3.05, 3.63) is 53.4 Å². The molecule has 0 bridgehead atoms. The highest BCUT2D eigenvalue weighted by Crippen LogP contribution is 2.29. The van der Waals surface area contributed by atoms with Crippen LogP contribution in [0.3, 0.4) is 0 Å². The quantitative estimate of drug-likeness (QED) is 0.648. The topological polar surface area (TPSA) is 40.5 Å². The van der Waals surface area contributed by atoms with Crippen LogP contribution in [-0.2, 0) is 4.79 Å². The third-order valence-electron chi connectivity index (χ3n) is 2.77. The van der Waals surface area contributed by atoms with E-state index in [1.165, 1.54) is 11.0 Å². The van der Waals surface area contributed by atoms with Crippen LogP contribution in [0.15, 0.2) is 48.4 Å². The molecule has 1 aromatic rings. The van der Waals surface area contributed by atoms with E-state index in [0.29, 0.717) is 10.7 Å². The zero-order valence-electron chi connectivity index (χ0n) is 12.3. The highest BCUT2D eigenvalue weighted by molar-refractivity contribution is 6.30. The van der Waals surface area contributed by atoms with Crippen LogP contribution in [0.1, 0.15) is 27.7 Å². The molecule has 4 heteroatoms. The lowest BCUT2D eigenvalue weighted by molar-refractivity contribution is -0.125. The number of nitrogens with zero attached hydrogens (tertiary/aromatic N) is 1. The Hall–Kier alpha value is -1.74. The second-order valence-electron chi connectivity index (χ2n) is 5.49. The van der Waals surface area contributed by atoms with Gasteiger partial charge >= 0.3 is 0 Å². The van der Waals surface area contributed by atoms with Gasteiger partial charge in [0.2, 0.25) is 5.91 Å². The van der Waals surface area contributed by atoms with Crippen LogP contribution in [0.4, 0.5) is 5.69 Å². The van der Waals surface area contributed by atoms with E-state index >= 15 is 0 Å². The maximum absolute atomic E-state index is 12.6. The maximum Gasteiger partial charge on any atom is 0.237 e. The van der Waals surface area contributed by atoms with E-state index in [1.54, 1.807) is 31.2 Å². The lowest BCUT2D eigenvalue weighted by Crippen LogP contribution is -2.39. The zero-order chi connectivity index (χ0) is 15.5. The number of amides is 1. The van der Waals surface area contributed by atoms with Gasteiger partial charge < -0.3 is 5.11 Å². The van der Waals surface area contributed by atoms with Gasteiger partial charge in [-0.3, -0.25) is 9.69 Å². The van der Waals surface area contributed by atoms with Crippen LogP contribution in [0.5, 0.6) is 0 Å². The summed E-state index contributed by atoms with van der Waals surface area (Å²) in [6.45, 7) is 10.9. The molecule has 0 heterocycles. The van der Waals surface area contributed by atoms with Crippen molar-refractivity contribution in [1.82, 2.24) is 0 Å². The van der Waals surface area contributed by atoms with Gasteiger partial charge in [0.15, 0.2) is 0 Å². The number of aliphatic hydroxyl groups excluding tert-OH is 1. The number of rotatable bonds is 3. The van der Waals surface area contributed by atoms with Crippen molar-refractivity contribution in [1.29, 1.82) is 0 Å². The maximum atomic E-state index is 12.6. The molecule has 0 aromatic heterocycles. The summed E-state index contributed by atoms with van der Waals surface area (Å²) in [6.07, 6.45) is 1.50. The molecule has 0 aliphatic heterocycles. The van der Waals surface area contributed by atoms with E-state index in [2.05, 4.69) is 6.58 Å². The largest absolute Gasteiger partial charge is 0.506 e. The van der Waals surface area contributed by atoms with Gasteiger partial charge in [0.1, 0.15) is 5.76 Å². The van der Waals surface area contributed by atoms with E-state index in [4.69, 9.17) is 11.6 Å². The summed E-state index contributed by atoms with van der Waals surface area (Å²) in [4.78, 5) is 14.0. The first-order chi connectivity index (χ1) is 9.18. The molecule has 0 saturated carbocycles. The van der Waals surface area contributed by atoms with Crippen LogP contribution < -0.4 is 4.90 Å². The fourth-order valence-corrected chi connectivity index (χ4v) is 1.73. The number of carbonyl (C=O) groups excluding carboxylic acids is 1. The molecule has 20 heavy (non-hydrogen) atoms. The van der Waals surface area contributed by atoms with Gasteiger partial charge in [0.25, 0.3) is 0 Å².